The number of hydrogen-bond acceptors (Lipinski definition) is 24. The first-order chi connectivity index (χ1) is 56.1. The zero-order chi connectivity index (χ0) is 84.4. The highest BCUT2D eigenvalue weighted by Gasteiger charge is 2.56. The van der Waals surface area contributed by atoms with Crippen LogP contribution in [-0.4, -0.2) is 240 Å². The van der Waals surface area contributed by atoms with Gasteiger partial charge in [0.05, 0.1) is 80.4 Å². The van der Waals surface area contributed by atoms with Crippen LogP contribution in [0, 0.1) is 5.92 Å². The number of methoxy groups -OCH3 is 6. The molecule has 117 heavy (non-hydrogen) atoms. The van der Waals surface area contributed by atoms with Crippen molar-refractivity contribution in [2.24, 2.45) is 5.92 Å². The van der Waals surface area contributed by atoms with Crippen LogP contribution in [0.2, 0.25) is 12.1 Å². The minimum absolute atomic E-state index is 0.000163. The number of carbonyl (C=O) groups excluding carboxylic acids is 6. The number of nitrogens with one attached hydrogen (secondary N) is 3. The number of rotatable bonds is 37. The second kappa shape index (κ2) is 39.7. The van der Waals surface area contributed by atoms with Crippen LogP contribution in [0.3, 0.4) is 0 Å². The molecule has 6 amide bonds. The fraction of sp³-hybridized carbons (Fsp3) is 0.435. The Morgan fingerprint density at radius 1 is 0.368 bits per heavy atom. The molecular weight excluding hydrogens is 1550 g/mol. The number of benzene rings is 7. The van der Waals surface area contributed by atoms with Crippen LogP contribution < -0.4 is 44.4 Å². The highest BCUT2D eigenvalue weighted by molar-refractivity contribution is 6.59. The molecule has 630 valence electrons. The Morgan fingerprint density at radius 2 is 0.581 bits per heavy atom. The molecule has 8 N–H and O–H groups in total. The normalized spacial score (nSPS) is 17.7. The maximum Gasteiger partial charge on any atom is 0.497 e. The smallest absolute Gasteiger partial charge is 0.497 e. The summed E-state index contributed by atoms with van der Waals surface area (Å²) < 4.78 is 73.1. The average Bonchev–Trinajstić information content (AvgIpc) is 1.68. The van der Waals surface area contributed by atoms with Gasteiger partial charge in [-0.2, -0.15) is 0 Å². The SMILES string of the molecule is COc1ccc(C(O)(c2ccc(OC)cc2)[C@@H]2C[C@@H](OC(=O)NCCCC(C)C)CN2C(=O)c2cc(C(=O)N3C[C@H](OC(=O)NCCC[Si](O)(OC)OC)C[C@H]3C(O)(c3ccc(OC)cc3)c3ccc(OC)cc3)cc(C(=O)N3C[C@H](OC(=O)NCCC[Si](O)(OC)OC)C[C@H]3C(O)(c3ccc(OC)cc3)c3ccc(OC)cc3)c2)cc1. The van der Waals surface area contributed by atoms with Crippen LogP contribution in [-0.2, 0) is 48.7 Å². The minimum atomic E-state index is -3.55. The van der Waals surface area contributed by atoms with E-state index in [1.807, 2.05) is 0 Å². The van der Waals surface area contributed by atoms with Crippen molar-refractivity contribution in [2.45, 2.75) is 124 Å². The van der Waals surface area contributed by atoms with Gasteiger partial charge in [0.2, 0.25) is 0 Å². The summed E-state index contributed by atoms with van der Waals surface area (Å²) in [5.74, 6) is 0.269. The molecule has 3 heterocycles. The molecular formula is C85H108N6O24Si2. The Bertz CT molecular complexity index is 4110. The van der Waals surface area contributed by atoms with Gasteiger partial charge in [0.25, 0.3) is 17.7 Å². The quantitative estimate of drug-likeness (QED) is 0.0102. The summed E-state index contributed by atoms with van der Waals surface area (Å²) in [5.41, 5.74) is -5.95. The largest absolute Gasteiger partial charge is 0.497 e. The van der Waals surface area contributed by atoms with Crippen LogP contribution in [0.4, 0.5) is 14.4 Å². The Kier molecular flexibility index (Phi) is 30.2. The summed E-state index contributed by atoms with van der Waals surface area (Å²) in [5, 5.41) is 50.5. The van der Waals surface area contributed by atoms with Crippen LogP contribution in [0.5, 0.6) is 34.5 Å². The fourth-order valence-corrected chi connectivity index (χ4v) is 18.0. The lowest BCUT2D eigenvalue weighted by molar-refractivity contribution is -0.00192. The lowest BCUT2D eigenvalue weighted by Gasteiger charge is -2.41. The topological polar surface area (TPSA) is 369 Å². The fourth-order valence-electron chi connectivity index (χ4n) is 15.6. The number of carbonyl (C=O) groups is 6. The van der Waals surface area contributed by atoms with Crippen molar-refractivity contribution in [1.29, 1.82) is 0 Å². The van der Waals surface area contributed by atoms with Crippen LogP contribution in [0.1, 0.15) is 123 Å². The van der Waals surface area contributed by atoms with Crippen molar-refractivity contribution in [3.63, 3.8) is 0 Å². The first kappa shape index (κ1) is 89.0. The van der Waals surface area contributed by atoms with Gasteiger partial charge < -0.3 is 116 Å². The van der Waals surface area contributed by atoms with E-state index in [0.29, 0.717) is 46.8 Å². The van der Waals surface area contributed by atoms with Gasteiger partial charge in [-0.05, 0) is 156 Å². The first-order valence-electron chi connectivity index (χ1n) is 38.7. The molecule has 6 atom stereocenters. The van der Waals surface area contributed by atoms with Gasteiger partial charge in [-0.1, -0.05) is 86.6 Å². The van der Waals surface area contributed by atoms with E-state index >= 15 is 14.4 Å². The number of alkyl carbamates (subject to hydrolysis) is 3. The number of amides is 6. The van der Waals surface area contributed by atoms with Crippen molar-refractivity contribution in [3.8, 4) is 34.5 Å². The van der Waals surface area contributed by atoms with Crippen LogP contribution in [0.25, 0.3) is 0 Å². The highest BCUT2D eigenvalue weighted by atomic mass is 28.4. The second-order valence-corrected chi connectivity index (χ2v) is 34.9. The van der Waals surface area contributed by atoms with Gasteiger partial charge >= 0.3 is 35.9 Å². The van der Waals surface area contributed by atoms with Crippen molar-refractivity contribution in [2.75, 3.05) is 110 Å². The maximum atomic E-state index is 16.9. The molecule has 3 saturated heterocycles. The average molecular weight is 1650 g/mol. The Morgan fingerprint density at radius 3 is 0.778 bits per heavy atom. The third kappa shape index (κ3) is 20.6. The van der Waals surface area contributed by atoms with E-state index in [1.54, 1.807) is 146 Å². The van der Waals surface area contributed by atoms with Gasteiger partial charge in [-0.3, -0.25) is 14.4 Å². The summed E-state index contributed by atoms with van der Waals surface area (Å²) in [6.45, 7) is 3.22. The molecule has 0 aromatic heterocycles. The monoisotopic (exact) mass is 1650 g/mol. The number of hydrogen-bond donors (Lipinski definition) is 8. The van der Waals surface area contributed by atoms with Gasteiger partial charge in [0.1, 0.15) is 69.6 Å². The molecule has 7 aromatic rings. The second-order valence-electron chi connectivity index (χ2n) is 29.4. The molecule has 7 aromatic carbocycles. The molecule has 3 aliphatic rings. The molecule has 0 saturated carbocycles. The Labute approximate surface area is 683 Å². The zero-order valence-corrected chi connectivity index (χ0v) is 70.1. The maximum absolute atomic E-state index is 16.9. The van der Waals surface area contributed by atoms with Gasteiger partial charge in [0.15, 0.2) is 0 Å². The summed E-state index contributed by atoms with van der Waals surface area (Å²) in [6.07, 6.45) is -4.86. The summed E-state index contributed by atoms with van der Waals surface area (Å²) in [7, 11) is 7.10. The zero-order valence-electron chi connectivity index (χ0n) is 68.1. The highest BCUT2D eigenvalue weighted by Crippen LogP contribution is 2.47. The van der Waals surface area contributed by atoms with Crippen LogP contribution >= 0.6 is 0 Å². The Balaban J connectivity index is 1.17. The molecule has 0 radical (unpaired) electrons. The summed E-state index contributed by atoms with van der Waals surface area (Å²) in [4.78, 5) is 118. The predicted molar refractivity (Wildman–Crippen MR) is 433 cm³/mol. The molecule has 10 rings (SSSR count). The van der Waals surface area contributed by atoms with E-state index < -0.39 is 120 Å². The molecule has 3 aliphatic heterocycles. The van der Waals surface area contributed by atoms with Gasteiger partial charge in [-0.15, -0.1) is 0 Å². The third-order valence-corrected chi connectivity index (χ3v) is 26.6. The lowest BCUT2D eigenvalue weighted by Crippen LogP contribution is -2.51. The molecule has 0 spiro atoms. The number of likely N-dealkylation sites (tertiary alicyclic amines) is 3. The molecule has 32 heteroatoms. The van der Waals surface area contributed by atoms with Crippen molar-refractivity contribution in [3.05, 3.63) is 214 Å². The number of ether oxygens (including phenoxy) is 9. The standard InChI is InChI=1S/C85H108N6O24Si2/c1-55(2)16-13-41-86-80(95)113-71-49-74(83(98,59-17-29-65(103-3)30-18-59)60-19-31-66(104-4)32-20-60)89(52-71)77(92)56-46-57(78(93)90-53-72(114-81(96)87-42-14-44-116(101,109-9)110-10)50-75(90)84(99,61-21-33-67(105-5)34-22-61)62-23-35-68(106-6)36-24-62)48-58(47-56)79(94)91-54-73(115-82(97)88-43-15-45-117(102,111-11)112-12)51-76(91)85(100,63-25-37-69(107-7)38-26-63)64-27-39-70(108-8)40-28-64/h17-40,46-48,55,71-76,98-102H,13-16,41-45,49-54H2,1-12H3,(H,86,95)(H,87,96)(H,88,97)/t71-,72-,73-,74+,75+,76+/m1/s1. The number of aliphatic hydroxyl groups is 3. The summed E-state index contributed by atoms with van der Waals surface area (Å²) >= 11 is 0. The lowest BCUT2D eigenvalue weighted by atomic mass is 9.78. The molecule has 3 fully saturated rings. The Hall–Kier alpha value is -10.4. The van der Waals surface area contributed by atoms with Crippen molar-refractivity contribution < 1.29 is 114 Å². The first-order valence-corrected chi connectivity index (χ1v) is 42.7. The predicted octanol–water partition coefficient (Wildman–Crippen LogP) is 9.14. The van der Waals surface area contributed by atoms with Crippen LogP contribution in [0.15, 0.2) is 164 Å². The third-order valence-electron chi connectivity index (χ3n) is 22.1. The molecule has 0 bridgehead atoms. The van der Waals surface area contributed by atoms with E-state index in [0.717, 1.165) is 6.42 Å². The van der Waals surface area contributed by atoms with E-state index in [9.17, 15) is 39.3 Å². The van der Waals surface area contributed by atoms with E-state index in [4.69, 9.17) is 60.3 Å². The number of nitrogens with zero attached hydrogens (tertiary/aromatic N) is 3. The van der Waals surface area contributed by atoms with E-state index in [-0.39, 0.29) is 120 Å². The van der Waals surface area contributed by atoms with Crippen molar-refractivity contribution >= 4 is 53.6 Å². The van der Waals surface area contributed by atoms with Gasteiger partial charge in [-0.25, -0.2) is 14.4 Å². The summed E-state index contributed by atoms with van der Waals surface area (Å²) in [6, 6.07) is 39.2. The minimum Gasteiger partial charge on any atom is -0.497 e. The molecule has 0 unspecified atom stereocenters. The molecule has 30 nitrogen and oxygen atoms in total. The van der Waals surface area contributed by atoms with Crippen molar-refractivity contribution in [1.82, 2.24) is 30.7 Å². The van der Waals surface area contributed by atoms with Gasteiger partial charge in [0, 0.05) is 96.1 Å². The molecule has 0 aliphatic carbocycles. The van der Waals surface area contributed by atoms with E-state index in [1.165, 1.54) is 104 Å². The van der Waals surface area contributed by atoms with E-state index in [2.05, 4.69) is 29.8 Å².